The first-order chi connectivity index (χ1) is 8.07. The molecule has 0 N–H and O–H groups in total. The molecule has 1 unspecified atom stereocenters. The molecule has 4 nitrogen and oxygen atoms in total. The van der Waals surface area contributed by atoms with Gasteiger partial charge in [-0.05, 0) is 13.3 Å². The van der Waals surface area contributed by atoms with Gasteiger partial charge >= 0.3 is 0 Å². The summed E-state index contributed by atoms with van der Waals surface area (Å²) >= 11 is 1.37. The lowest BCUT2D eigenvalue weighted by Gasteiger charge is -2.19. The maximum Gasteiger partial charge on any atom is 0.203 e. The number of ether oxygens (including phenoxy) is 2. The second-order valence-electron chi connectivity index (χ2n) is 4.35. The number of rotatable bonds is 4. The summed E-state index contributed by atoms with van der Waals surface area (Å²) in [6, 6.07) is 0. The molecule has 1 aliphatic heterocycles. The van der Waals surface area contributed by atoms with E-state index in [1.54, 1.807) is 6.20 Å². The van der Waals surface area contributed by atoms with E-state index < -0.39 is 5.79 Å². The maximum atomic E-state index is 12.0. The predicted octanol–water partition coefficient (Wildman–Crippen LogP) is 2.59. The van der Waals surface area contributed by atoms with E-state index in [1.165, 1.54) is 11.3 Å². The molecule has 2 heterocycles. The number of carbonyl (C=O) groups excluding carboxylic acids is 1. The predicted molar refractivity (Wildman–Crippen MR) is 65.2 cm³/mol. The molecular formula is C12H17NO3S. The van der Waals surface area contributed by atoms with Gasteiger partial charge in [0.2, 0.25) is 5.79 Å². The smallest absolute Gasteiger partial charge is 0.203 e. The van der Waals surface area contributed by atoms with Crippen molar-refractivity contribution in [3.63, 3.8) is 0 Å². The van der Waals surface area contributed by atoms with Gasteiger partial charge in [0, 0.05) is 12.1 Å². The normalized spacial score (nSPS) is 20.4. The number of hydrogen-bond donors (Lipinski definition) is 0. The van der Waals surface area contributed by atoms with Crippen LogP contribution in [-0.4, -0.2) is 24.0 Å². The van der Waals surface area contributed by atoms with E-state index in [4.69, 9.17) is 9.47 Å². The van der Waals surface area contributed by atoms with Crippen LogP contribution in [0.15, 0.2) is 6.20 Å². The Bertz CT molecular complexity index is 410. The molecule has 94 valence electrons. The van der Waals surface area contributed by atoms with Crippen LogP contribution < -0.4 is 0 Å². The number of hydrogen-bond acceptors (Lipinski definition) is 5. The molecule has 0 saturated carbocycles. The third kappa shape index (κ3) is 2.41. The molecule has 1 aromatic heterocycles. The average Bonchev–Trinajstić information content (AvgIpc) is 2.96. The Morgan fingerprint density at radius 3 is 2.82 bits per heavy atom. The fourth-order valence-electron chi connectivity index (χ4n) is 1.65. The number of carbonyl (C=O) groups is 1. The van der Waals surface area contributed by atoms with Crippen molar-refractivity contribution in [3.8, 4) is 0 Å². The van der Waals surface area contributed by atoms with Crippen molar-refractivity contribution in [3.05, 3.63) is 16.1 Å². The van der Waals surface area contributed by atoms with Crippen molar-refractivity contribution in [1.82, 2.24) is 4.98 Å². The minimum Gasteiger partial charge on any atom is -0.343 e. The summed E-state index contributed by atoms with van der Waals surface area (Å²) in [5.41, 5.74) is 0. The second kappa shape index (κ2) is 4.84. The van der Waals surface area contributed by atoms with Crippen molar-refractivity contribution < 1.29 is 14.3 Å². The van der Waals surface area contributed by atoms with E-state index in [0.29, 0.717) is 18.2 Å². The van der Waals surface area contributed by atoms with E-state index >= 15 is 0 Å². The summed E-state index contributed by atoms with van der Waals surface area (Å²) < 4.78 is 11.1. The Morgan fingerprint density at radius 2 is 2.24 bits per heavy atom. The quantitative estimate of drug-likeness (QED) is 0.776. The third-order valence-electron chi connectivity index (χ3n) is 3.06. The molecule has 0 radical (unpaired) electrons. The molecule has 2 rings (SSSR count). The maximum absolute atomic E-state index is 12.0. The first kappa shape index (κ1) is 12.7. The third-order valence-corrected chi connectivity index (χ3v) is 4.26. The van der Waals surface area contributed by atoms with Gasteiger partial charge in [-0.15, -0.1) is 11.3 Å². The summed E-state index contributed by atoms with van der Waals surface area (Å²) in [5.74, 6) is -0.594. The fraction of sp³-hybridized carbons (Fsp3) is 0.667. The van der Waals surface area contributed by atoms with Gasteiger partial charge in [0.25, 0.3) is 0 Å². The van der Waals surface area contributed by atoms with Gasteiger partial charge in [-0.1, -0.05) is 13.8 Å². The number of nitrogens with zero attached hydrogens (tertiary/aromatic N) is 1. The van der Waals surface area contributed by atoms with Gasteiger partial charge in [0.05, 0.1) is 18.1 Å². The minimum absolute atomic E-state index is 0.0206. The number of aromatic nitrogens is 1. The largest absolute Gasteiger partial charge is 0.343 e. The van der Waals surface area contributed by atoms with Crippen LogP contribution in [-0.2, 0) is 15.3 Å². The van der Waals surface area contributed by atoms with Crippen molar-refractivity contribution in [2.75, 3.05) is 13.2 Å². The van der Waals surface area contributed by atoms with Crippen LogP contribution in [0.3, 0.4) is 0 Å². The Balaban J connectivity index is 2.18. The lowest BCUT2D eigenvalue weighted by molar-refractivity contribution is -0.147. The van der Waals surface area contributed by atoms with Gasteiger partial charge in [-0.3, -0.25) is 4.79 Å². The molecule has 0 aliphatic carbocycles. The fourth-order valence-corrected chi connectivity index (χ4v) is 2.68. The zero-order chi connectivity index (χ0) is 12.5. The molecule has 1 fully saturated rings. The Hall–Kier alpha value is -0.780. The van der Waals surface area contributed by atoms with Gasteiger partial charge in [0.15, 0.2) is 10.8 Å². The molecule has 1 atom stereocenters. The van der Waals surface area contributed by atoms with E-state index in [9.17, 15) is 4.79 Å². The highest BCUT2D eigenvalue weighted by Gasteiger charge is 2.35. The second-order valence-corrected chi connectivity index (χ2v) is 5.38. The monoisotopic (exact) mass is 255 g/mol. The molecule has 0 spiro atoms. The molecule has 1 aliphatic rings. The molecule has 0 bridgehead atoms. The summed E-state index contributed by atoms with van der Waals surface area (Å²) in [7, 11) is 0. The molecule has 1 saturated heterocycles. The number of thiazole rings is 1. The molecule has 0 amide bonds. The van der Waals surface area contributed by atoms with Gasteiger partial charge in [-0.2, -0.15) is 0 Å². The van der Waals surface area contributed by atoms with Crippen LogP contribution in [0.2, 0.25) is 0 Å². The summed E-state index contributed by atoms with van der Waals surface area (Å²) in [6.07, 6.45) is 2.52. The van der Waals surface area contributed by atoms with Crippen LogP contribution in [0.5, 0.6) is 0 Å². The minimum atomic E-state index is -0.717. The zero-order valence-electron chi connectivity index (χ0n) is 10.4. The number of ketones is 1. The summed E-state index contributed by atoms with van der Waals surface area (Å²) in [4.78, 5) is 17.0. The first-order valence-electron chi connectivity index (χ1n) is 5.85. The number of Topliss-reactive ketones (excluding diaryl/α,β-unsaturated/α-hetero) is 1. The van der Waals surface area contributed by atoms with Crippen molar-refractivity contribution in [2.24, 2.45) is 5.92 Å². The van der Waals surface area contributed by atoms with Crippen LogP contribution in [0, 0.1) is 5.92 Å². The van der Waals surface area contributed by atoms with Gasteiger partial charge in [0.1, 0.15) is 0 Å². The molecule has 17 heavy (non-hydrogen) atoms. The Labute approximate surface area is 105 Å². The molecular weight excluding hydrogens is 238 g/mol. The highest BCUT2D eigenvalue weighted by Crippen LogP contribution is 2.34. The molecule has 5 heteroatoms. The lowest BCUT2D eigenvalue weighted by Crippen LogP contribution is -2.20. The standard InChI is InChI=1S/C12H17NO3S/c1-4-8(2)10(14)11-13-7-9(17-11)12(3)15-5-6-16-12/h7-8H,4-6H2,1-3H3. The Morgan fingerprint density at radius 1 is 1.59 bits per heavy atom. The van der Waals surface area contributed by atoms with E-state index in [0.717, 1.165) is 11.3 Å². The van der Waals surface area contributed by atoms with E-state index in [-0.39, 0.29) is 11.7 Å². The van der Waals surface area contributed by atoms with Crippen LogP contribution in [0.4, 0.5) is 0 Å². The van der Waals surface area contributed by atoms with Gasteiger partial charge < -0.3 is 9.47 Å². The van der Waals surface area contributed by atoms with Crippen molar-refractivity contribution in [1.29, 1.82) is 0 Å². The SMILES string of the molecule is CCC(C)C(=O)c1ncc(C2(C)OCCO2)s1. The zero-order valence-corrected chi connectivity index (χ0v) is 11.2. The summed E-state index contributed by atoms with van der Waals surface area (Å²) in [6.45, 7) is 6.96. The lowest BCUT2D eigenvalue weighted by atomic mass is 10.0. The van der Waals surface area contributed by atoms with Crippen molar-refractivity contribution >= 4 is 17.1 Å². The summed E-state index contributed by atoms with van der Waals surface area (Å²) in [5, 5.41) is 0.551. The molecule has 1 aromatic rings. The van der Waals surface area contributed by atoms with Crippen LogP contribution >= 0.6 is 11.3 Å². The highest BCUT2D eigenvalue weighted by molar-refractivity contribution is 7.13. The molecule has 0 aromatic carbocycles. The van der Waals surface area contributed by atoms with Crippen molar-refractivity contribution in [2.45, 2.75) is 33.0 Å². The Kier molecular flexibility index (Phi) is 3.61. The van der Waals surface area contributed by atoms with Gasteiger partial charge in [-0.25, -0.2) is 4.98 Å². The highest BCUT2D eigenvalue weighted by atomic mass is 32.1. The first-order valence-corrected chi connectivity index (χ1v) is 6.67. The average molecular weight is 255 g/mol. The van der Waals surface area contributed by atoms with E-state index in [1.807, 2.05) is 20.8 Å². The topological polar surface area (TPSA) is 48.4 Å². The van der Waals surface area contributed by atoms with Crippen LogP contribution in [0.1, 0.15) is 41.9 Å². The van der Waals surface area contributed by atoms with Crippen LogP contribution in [0.25, 0.3) is 0 Å². The van der Waals surface area contributed by atoms with E-state index in [2.05, 4.69) is 4.98 Å².